The molecule has 6 heteroatoms. The molecule has 3 rings (SSSR count). The molecule has 2 heterocycles. The third-order valence-corrected chi connectivity index (χ3v) is 2.99. The van der Waals surface area contributed by atoms with Crippen LogP contribution in [0, 0.1) is 12.7 Å². The number of carboxylic acid groups (broad SMARTS) is 1. The fourth-order valence-corrected chi connectivity index (χ4v) is 1.94. The number of nitrogens with zero attached hydrogens (tertiary/aromatic N) is 2. The van der Waals surface area contributed by atoms with Gasteiger partial charge in [-0.25, -0.2) is 14.2 Å². The van der Waals surface area contributed by atoms with Crippen molar-refractivity contribution in [2.75, 3.05) is 0 Å². The van der Waals surface area contributed by atoms with Gasteiger partial charge in [0.25, 0.3) is 0 Å². The van der Waals surface area contributed by atoms with E-state index in [-0.39, 0.29) is 0 Å². The number of aryl methyl sites for hydroxylation is 1. The highest BCUT2D eigenvalue weighted by molar-refractivity contribution is 5.93. The molecular weight excluding hydrogens is 261 g/mol. The van der Waals surface area contributed by atoms with Crippen LogP contribution in [-0.4, -0.2) is 26.0 Å². The Labute approximate surface area is 113 Å². The number of pyridine rings is 1. The summed E-state index contributed by atoms with van der Waals surface area (Å²) in [5, 5.41) is 8.89. The van der Waals surface area contributed by atoms with Gasteiger partial charge in [-0.3, -0.25) is 4.98 Å². The van der Waals surface area contributed by atoms with Crippen molar-refractivity contribution in [3.05, 3.63) is 47.5 Å². The number of aromatic amines is 1. The zero-order valence-corrected chi connectivity index (χ0v) is 10.5. The highest BCUT2D eigenvalue weighted by Crippen LogP contribution is 2.22. The van der Waals surface area contributed by atoms with Crippen molar-refractivity contribution in [3.63, 3.8) is 0 Å². The van der Waals surface area contributed by atoms with Gasteiger partial charge < -0.3 is 10.1 Å². The Morgan fingerprint density at radius 3 is 2.80 bits per heavy atom. The number of aromatic carboxylic acids is 1. The Morgan fingerprint density at radius 1 is 1.35 bits per heavy atom. The summed E-state index contributed by atoms with van der Waals surface area (Å²) in [6.45, 7) is 1.87. The zero-order chi connectivity index (χ0) is 14.3. The maximum Gasteiger partial charge on any atom is 0.338 e. The quantitative estimate of drug-likeness (QED) is 0.751. The molecule has 0 saturated heterocycles. The Bertz CT molecular complexity index is 809. The lowest BCUT2D eigenvalue weighted by Gasteiger charge is -1.96. The number of aromatic nitrogens is 3. The number of nitrogens with one attached hydrogen (secondary N) is 1. The Morgan fingerprint density at radius 2 is 2.15 bits per heavy atom. The van der Waals surface area contributed by atoms with E-state index in [9.17, 15) is 9.18 Å². The largest absolute Gasteiger partial charge is 0.478 e. The van der Waals surface area contributed by atoms with Crippen LogP contribution in [0.25, 0.3) is 22.4 Å². The van der Waals surface area contributed by atoms with Gasteiger partial charge in [0.05, 0.1) is 16.6 Å². The van der Waals surface area contributed by atoms with Crippen molar-refractivity contribution >= 4 is 17.0 Å². The van der Waals surface area contributed by atoms with Crippen molar-refractivity contribution in [1.29, 1.82) is 0 Å². The predicted octanol–water partition coefficient (Wildman–Crippen LogP) is 2.77. The molecule has 0 bridgehead atoms. The summed E-state index contributed by atoms with van der Waals surface area (Å²) in [4.78, 5) is 22.3. The number of fused-ring (bicyclic) bond motifs is 1. The molecule has 0 radical (unpaired) electrons. The normalized spacial score (nSPS) is 10.9. The number of carbonyl (C=O) groups is 1. The van der Waals surface area contributed by atoms with E-state index in [1.54, 1.807) is 6.20 Å². The molecule has 0 aliphatic heterocycles. The van der Waals surface area contributed by atoms with Gasteiger partial charge in [-0.1, -0.05) is 0 Å². The van der Waals surface area contributed by atoms with Crippen LogP contribution < -0.4 is 0 Å². The second-order valence-corrected chi connectivity index (χ2v) is 4.43. The lowest BCUT2D eigenvalue weighted by molar-refractivity contribution is 0.0692. The van der Waals surface area contributed by atoms with E-state index in [0.29, 0.717) is 16.9 Å². The molecule has 0 amide bonds. The van der Waals surface area contributed by atoms with Crippen LogP contribution in [0.3, 0.4) is 0 Å². The van der Waals surface area contributed by atoms with Crippen molar-refractivity contribution in [3.8, 4) is 11.4 Å². The molecule has 0 fully saturated rings. The lowest BCUT2D eigenvalue weighted by atomic mass is 10.2. The van der Waals surface area contributed by atoms with E-state index >= 15 is 0 Å². The van der Waals surface area contributed by atoms with Crippen LogP contribution in [0.5, 0.6) is 0 Å². The number of imidazole rings is 1. The molecule has 0 atom stereocenters. The molecule has 3 aromatic rings. The molecule has 2 N–H and O–H groups in total. The first-order valence-corrected chi connectivity index (χ1v) is 5.90. The van der Waals surface area contributed by atoms with Gasteiger partial charge in [-0.15, -0.1) is 0 Å². The minimum atomic E-state index is -1.31. The van der Waals surface area contributed by atoms with Crippen molar-refractivity contribution in [2.24, 2.45) is 0 Å². The molecule has 0 spiro atoms. The molecule has 0 unspecified atom stereocenters. The molecule has 5 nitrogen and oxygen atoms in total. The first kappa shape index (κ1) is 12.3. The Hall–Kier alpha value is -2.76. The molecule has 20 heavy (non-hydrogen) atoms. The number of hydrogen-bond acceptors (Lipinski definition) is 3. The third kappa shape index (κ3) is 2.01. The summed E-state index contributed by atoms with van der Waals surface area (Å²) in [6.07, 6.45) is 1.65. The van der Waals surface area contributed by atoms with Gasteiger partial charge in [-0.05, 0) is 25.1 Å². The molecule has 0 aliphatic carbocycles. The topological polar surface area (TPSA) is 78.9 Å². The fourth-order valence-electron chi connectivity index (χ4n) is 1.94. The van der Waals surface area contributed by atoms with Gasteiger partial charge in [0.1, 0.15) is 11.6 Å². The van der Waals surface area contributed by atoms with Gasteiger partial charge in [0.2, 0.25) is 0 Å². The Balaban J connectivity index is 2.15. The van der Waals surface area contributed by atoms with Crippen molar-refractivity contribution in [2.45, 2.75) is 6.92 Å². The van der Waals surface area contributed by atoms with Crippen LogP contribution in [-0.2, 0) is 0 Å². The standard InChI is InChI=1S/C14H10FN3O2/c1-7-2-3-8(6-16-7)13-17-11-4-9(14(19)20)10(15)5-12(11)18-13/h2-6H,1H3,(H,17,18)(H,19,20). The van der Waals surface area contributed by atoms with E-state index in [0.717, 1.165) is 17.3 Å². The number of H-pyrrole nitrogens is 1. The van der Waals surface area contributed by atoms with Gasteiger partial charge in [0.15, 0.2) is 0 Å². The third-order valence-electron chi connectivity index (χ3n) is 2.99. The molecule has 0 aliphatic rings. The summed E-state index contributed by atoms with van der Waals surface area (Å²) in [7, 11) is 0. The van der Waals surface area contributed by atoms with Gasteiger partial charge in [-0.2, -0.15) is 0 Å². The molecular formula is C14H10FN3O2. The molecule has 2 aromatic heterocycles. The summed E-state index contributed by atoms with van der Waals surface area (Å²) < 4.78 is 13.6. The average molecular weight is 271 g/mol. The second kappa shape index (κ2) is 4.41. The van der Waals surface area contributed by atoms with Crippen LogP contribution in [0.2, 0.25) is 0 Å². The minimum Gasteiger partial charge on any atom is -0.478 e. The van der Waals surface area contributed by atoms with Crippen LogP contribution in [0.15, 0.2) is 30.5 Å². The highest BCUT2D eigenvalue weighted by Gasteiger charge is 2.14. The van der Waals surface area contributed by atoms with Gasteiger partial charge >= 0.3 is 5.97 Å². The summed E-state index contributed by atoms with van der Waals surface area (Å²) >= 11 is 0. The van der Waals surface area contributed by atoms with E-state index < -0.39 is 17.3 Å². The second-order valence-electron chi connectivity index (χ2n) is 4.43. The lowest BCUT2D eigenvalue weighted by Crippen LogP contribution is -1.99. The van der Waals surface area contributed by atoms with Crippen molar-refractivity contribution < 1.29 is 14.3 Å². The van der Waals surface area contributed by atoms with E-state index in [4.69, 9.17) is 5.11 Å². The maximum absolute atomic E-state index is 13.6. The van der Waals surface area contributed by atoms with E-state index in [2.05, 4.69) is 15.0 Å². The van der Waals surface area contributed by atoms with Crippen molar-refractivity contribution in [1.82, 2.24) is 15.0 Å². The Kier molecular flexibility index (Phi) is 2.71. The summed E-state index contributed by atoms with van der Waals surface area (Å²) in [6, 6.07) is 6.03. The monoisotopic (exact) mass is 271 g/mol. The van der Waals surface area contributed by atoms with E-state index in [1.165, 1.54) is 6.07 Å². The van der Waals surface area contributed by atoms with Crippen LogP contribution in [0.1, 0.15) is 16.1 Å². The molecule has 0 saturated carbocycles. The summed E-state index contributed by atoms with van der Waals surface area (Å²) in [5.41, 5.74) is 2.09. The molecule has 100 valence electrons. The first-order valence-electron chi connectivity index (χ1n) is 5.90. The van der Waals surface area contributed by atoms with Gasteiger partial charge in [0, 0.05) is 23.5 Å². The number of carboxylic acids is 1. The first-order chi connectivity index (χ1) is 9.54. The minimum absolute atomic E-state index is 0.391. The number of rotatable bonds is 2. The maximum atomic E-state index is 13.6. The smallest absolute Gasteiger partial charge is 0.338 e. The number of halogens is 1. The number of benzene rings is 1. The predicted molar refractivity (Wildman–Crippen MR) is 71.0 cm³/mol. The number of hydrogen-bond donors (Lipinski definition) is 2. The average Bonchev–Trinajstić information content (AvgIpc) is 2.81. The SMILES string of the molecule is Cc1ccc(-c2nc3cc(C(=O)O)c(F)cc3[nH]2)cn1. The van der Waals surface area contributed by atoms with Crippen LogP contribution in [0.4, 0.5) is 4.39 Å². The molecule has 1 aromatic carbocycles. The fraction of sp³-hybridized carbons (Fsp3) is 0.0714. The zero-order valence-electron chi connectivity index (χ0n) is 10.5. The summed E-state index contributed by atoms with van der Waals surface area (Å²) in [5.74, 6) is -1.58. The van der Waals surface area contributed by atoms with Crippen LogP contribution >= 0.6 is 0 Å². The van der Waals surface area contributed by atoms with E-state index in [1.807, 2.05) is 19.1 Å². The highest BCUT2D eigenvalue weighted by atomic mass is 19.1.